The van der Waals surface area contributed by atoms with Crippen LogP contribution in [0.3, 0.4) is 0 Å². The Morgan fingerprint density at radius 1 is 1.40 bits per heavy atom. The van der Waals surface area contributed by atoms with Crippen LogP contribution < -0.4 is 5.32 Å². The molecule has 1 aromatic carbocycles. The van der Waals surface area contributed by atoms with Crippen LogP contribution in [0.15, 0.2) is 24.3 Å². The van der Waals surface area contributed by atoms with Crippen molar-refractivity contribution in [2.24, 2.45) is 5.92 Å². The van der Waals surface area contributed by atoms with Gasteiger partial charge in [-0.1, -0.05) is 19.1 Å². The summed E-state index contributed by atoms with van der Waals surface area (Å²) in [7, 11) is 0. The van der Waals surface area contributed by atoms with E-state index in [0.717, 1.165) is 18.0 Å². The second kappa shape index (κ2) is 4.75. The molecule has 15 heavy (non-hydrogen) atoms. The summed E-state index contributed by atoms with van der Waals surface area (Å²) < 4.78 is 12.9. The van der Waals surface area contributed by atoms with E-state index in [1.54, 1.807) is 12.1 Å². The Morgan fingerprint density at radius 2 is 2.27 bits per heavy atom. The zero-order chi connectivity index (χ0) is 10.7. The third-order valence-electron chi connectivity index (χ3n) is 3.18. The average molecular weight is 207 g/mol. The zero-order valence-electron chi connectivity index (χ0n) is 9.17. The van der Waals surface area contributed by atoms with Crippen molar-refractivity contribution in [3.8, 4) is 0 Å². The van der Waals surface area contributed by atoms with Gasteiger partial charge in [-0.15, -0.1) is 0 Å². The van der Waals surface area contributed by atoms with E-state index >= 15 is 0 Å². The Kier molecular flexibility index (Phi) is 3.37. The molecule has 2 atom stereocenters. The number of hydrogen-bond donors (Lipinski definition) is 1. The highest BCUT2D eigenvalue weighted by molar-refractivity contribution is 5.16. The Balaban J connectivity index is 1.83. The fourth-order valence-electron chi connectivity index (χ4n) is 2.30. The SMILES string of the molecule is CC1CCC(NCc2cccc(F)c2)C1. The van der Waals surface area contributed by atoms with E-state index in [2.05, 4.69) is 12.2 Å². The van der Waals surface area contributed by atoms with Gasteiger partial charge in [0.1, 0.15) is 5.82 Å². The molecule has 1 saturated carbocycles. The van der Waals surface area contributed by atoms with Crippen LogP contribution in [0.2, 0.25) is 0 Å². The standard InChI is InChI=1S/C13H18FN/c1-10-5-6-13(7-10)15-9-11-3-2-4-12(14)8-11/h2-4,8,10,13,15H,5-7,9H2,1H3. The van der Waals surface area contributed by atoms with Crippen LogP contribution >= 0.6 is 0 Å². The van der Waals surface area contributed by atoms with Gasteiger partial charge < -0.3 is 5.32 Å². The molecule has 1 aliphatic rings. The molecule has 0 heterocycles. The normalized spacial score (nSPS) is 25.7. The summed E-state index contributed by atoms with van der Waals surface area (Å²) >= 11 is 0. The fraction of sp³-hybridized carbons (Fsp3) is 0.538. The molecule has 0 bridgehead atoms. The Labute approximate surface area is 90.7 Å². The number of hydrogen-bond acceptors (Lipinski definition) is 1. The van der Waals surface area contributed by atoms with Gasteiger partial charge in [-0.3, -0.25) is 0 Å². The third kappa shape index (κ3) is 3.03. The van der Waals surface area contributed by atoms with Crippen molar-refractivity contribution >= 4 is 0 Å². The molecule has 1 aromatic rings. The first-order valence-electron chi connectivity index (χ1n) is 5.72. The lowest BCUT2D eigenvalue weighted by Gasteiger charge is -2.12. The largest absolute Gasteiger partial charge is 0.310 e. The molecule has 1 nitrogen and oxygen atoms in total. The van der Waals surface area contributed by atoms with Crippen LogP contribution in [0.5, 0.6) is 0 Å². The van der Waals surface area contributed by atoms with Gasteiger partial charge in [-0.05, 0) is 42.9 Å². The van der Waals surface area contributed by atoms with Gasteiger partial charge >= 0.3 is 0 Å². The minimum atomic E-state index is -0.144. The molecule has 0 saturated heterocycles. The summed E-state index contributed by atoms with van der Waals surface area (Å²) in [5.74, 6) is 0.698. The monoisotopic (exact) mass is 207 g/mol. The highest BCUT2D eigenvalue weighted by Gasteiger charge is 2.20. The molecule has 0 spiro atoms. The van der Waals surface area contributed by atoms with Gasteiger partial charge in [-0.25, -0.2) is 4.39 Å². The van der Waals surface area contributed by atoms with E-state index in [1.807, 2.05) is 6.07 Å². The van der Waals surface area contributed by atoms with Crippen molar-refractivity contribution in [3.63, 3.8) is 0 Å². The molecule has 2 rings (SSSR count). The minimum Gasteiger partial charge on any atom is -0.310 e. The molecule has 1 N–H and O–H groups in total. The fourth-order valence-corrected chi connectivity index (χ4v) is 2.30. The first-order valence-corrected chi connectivity index (χ1v) is 5.72. The minimum absolute atomic E-state index is 0.144. The van der Waals surface area contributed by atoms with Crippen LogP contribution in [0.4, 0.5) is 4.39 Å². The molecule has 0 aromatic heterocycles. The van der Waals surface area contributed by atoms with Crippen molar-refractivity contribution < 1.29 is 4.39 Å². The van der Waals surface area contributed by atoms with Crippen LogP contribution in [-0.2, 0) is 6.54 Å². The first kappa shape index (κ1) is 10.6. The van der Waals surface area contributed by atoms with E-state index in [1.165, 1.54) is 25.3 Å². The lowest BCUT2D eigenvalue weighted by Crippen LogP contribution is -2.25. The van der Waals surface area contributed by atoms with Crippen molar-refractivity contribution in [3.05, 3.63) is 35.6 Å². The van der Waals surface area contributed by atoms with Crippen molar-refractivity contribution in [1.29, 1.82) is 0 Å². The Morgan fingerprint density at radius 3 is 2.93 bits per heavy atom. The molecule has 2 heteroatoms. The number of rotatable bonds is 3. The third-order valence-corrected chi connectivity index (χ3v) is 3.18. The first-order chi connectivity index (χ1) is 7.24. The van der Waals surface area contributed by atoms with Crippen molar-refractivity contribution in [1.82, 2.24) is 5.32 Å². The maximum Gasteiger partial charge on any atom is 0.123 e. The van der Waals surface area contributed by atoms with Crippen LogP contribution in [-0.4, -0.2) is 6.04 Å². The summed E-state index contributed by atoms with van der Waals surface area (Å²) in [6.45, 7) is 3.08. The van der Waals surface area contributed by atoms with Gasteiger partial charge in [0.25, 0.3) is 0 Å². The van der Waals surface area contributed by atoms with Gasteiger partial charge in [0.15, 0.2) is 0 Å². The molecular weight excluding hydrogens is 189 g/mol. The van der Waals surface area contributed by atoms with Gasteiger partial charge in [-0.2, -0.15) is 0 Å². The highest BCUT2D eigenvalue weighted by Crippen LogP contribution is 2.24. The predicted molar refractivity (Wildman–Crippen MR) is 60.0 cm³/mol. The topological polar surface area (TPSA) is 12.0 Å². The summed E-state index contributed by atoms with van der Waals surface area (Å²) in [5.41, 5.74) is 1.04. The van der Waals surface area contributed by atoms with E-state index < -0.39 is 0 Å². The Bertz CT molecular complexity index is 324. The van der Waals surface area contributed by atoms with E-state index in [9.17, 15) is 4.39 Å². The molecular formula is C13H18FN. The second-order valence-corrected chi connectivity index (χ2v) is 4.63. The quantitative estimate of drug-likeness (QED) is 0.803. The summed E-state index contributed by atoms with van der Waals surface area (Å²) in [6, 6.07) is 7.45. The van der Waals surface area contributed by atoms with E-state index in [-0.39, 0.29) is 5.82 Å². The smallest absolute Gasteiger partial charge is 0.123 e. The summed E-state index contributed by atoms with van der Waals surface area (Å²) in [5, 5.41) is 3.49. The van der Waals surface area contributed by atoms with Gasteiger partial charge in [0, 0.05) is 12.6 Å². The summed E-state index contributed by atoms with van der Waals surface area (Å²) in [4.78, 5) is 0. The predicted octanol–water partition coefficient (Wildman–Crippen LogP) is 3.10. The van der Waals surface area contributed by atoms with Crippen molar-refractivity contribution in [2.75, 3.05) is 0 Å². The lowest BCUT2D eigenvalue weighted by atomic mass is 10.1. The van der Waals surface area contributed by atoms with E-state index in [4.69, 9.17) is 0 Å². The van der Waals surface area contributed by atoms with Crippen LogP contribution in [0.1, 0.15) is 31.7 Å². The van der Waals surface area contributed by atoms with Crippen LogP contribution in [0.25, 0.3) is 0 Å². The Hall–Kier alpha value is -0.890. The van der Waals surface area contributed by atoms with Crippen LogP contribution in [0, 0.1) is 11.7 Å². The summed E-state index contributed by atoms with van der Waals surface area (Å²) in [6.07, 6.45) is 3.84. The molecule has 1 aliphatic carbocycles. The van der Waals surface area contributed by atoms with E-state index in [0.29, 0.717) is 6.04 Å². The molecule has 0 radical (unpaired) electrons. The van der Waals surface area contributed by atoms with Gasteiger partial charge in [0.05, 0.1) is 0 Å². The molecule has 2 unspecified atom stereocenters. The molecule has 1 fully saturated rings. The molecule has 0 amide bonds. The number of benzene rings is 1. The number of halogens is 1. The maximum atomic E-state index is 12.9. The van der Waals surface area contributed by atoms with Gasteiger partial charge in [0.2, 0.25) is 0 Å². The maximum absolute atomic E-state index is 12.9. The lowest BCUT2D eigenvalue weighted by molar-refractivity contribution is 0.501. The average Bonchev–Trinajstić information content (AvgIpc) is 2.62. The number of nitrogens with one attached hydrogen (secondary N) is 1. The molecule has 82 valence electrons. The second-order valence-electron chi connectivity index (χ2n) is 4.63. The highest BCUT2D eigenvalue weighted by atomic mass is 19.1. The molecule has 0 aliphatic heterocycles. The zero-order valence-corrected chi connectivity index (χ0v) is 9.17. The van der Waals surface area contributed by atoms with Crippen molar-refractivity contribution in [2.45, 2.75) is 38.8 Å².